The van der Waals surface area contributed by atoms with E-state index in [0.717, 1.165) is 24.1 Å². The second-order valence-electron chi connectivity index (χ2n) is 6.38. The van der Waals surface area contributed by atoms with Gasteiger partial charge >= 0.3 is 0 Å². The molecule has 2 heterocycles. The molecular formula is C16H24BrN3. The normalized spacial score (nSPS) is 26.9. The molecule has 4 heteroatoms. The minimum absolute atomic E-state index is 0.193. The van der Waals surface area contributed by atoms with Gasteiger partial charge in [-0.1, -0.05) is 22.0 Å². The predicted molar refractivity (Wildman–Crippen MR) is 88.4 cm³/mol. The predicted octanol–water partition coefficient (Wildman–Crippen LogP) is 2.71. The van der Waals surface area contributed by atoms with Gasteiger partial charge in [-0.05, 0) is 38.5 Å². The topological polar surface area (TPSA) is 18.5 Å². The van der Waals surface area contributed by atoms with Gasteiger partial charge in [0.15, 0.2) is 0 Å². The van der Waals surface area contributed by atoms with Crippen LogP contribution in [0.1, 0.15) is 20.3 Å². The summed E-state index contributed by atoms with van der Waals surface area (Å²) in [7, 11) is 0. The molecule has 20 heavy (non-hydrogen) atoms. The number of rotatable bonds is 2. The van der Waals surface area contributed by atoms with Crippen LogP contribution in [-0.4, -0.2) is 49.2 Å². The van der Waals surface area contributed by atoms with Crippen LogP contribution >= 0.6 is 15.9 Å². The number of anilines is 1. The van der Waals surface area contributed by atoms with Crippen molar-refractivity contribution in [3.05, 3.63) is 28.7 Å². The Hall–Kier alpha value is -0.580. The maximum atomic E-state index is 3.59. The van der Waals surface area contributed by atoms with Crippen LogP contribution in [0.5, 0.6) is 0 Å². The first-order valence-electron chi connectivity index (χ1n) is 7.57. The molecule has 2 fully saturated rings. The van der Waals surface area contributed by atoms with Crippen LogP contribution in [0.4, 0.5) is 5.69 Å². The average Bonchev–Trinajstić information content (AvgIpc) is 2.75. The van der Waals surface area contributed by atoms with Gasteiger partial charge in [0.1, 0.15) is 0 Å². The van der Waals surface area contributed by atoms with E-state index in [4.69, 9.17) is 0 Å². The van der Waals surface area contributed by atoms with Gasteiger partial charge in [0.25, 0.3) is 0 Å². The van der Waals surface area contributed by atoms with Gasteiger partial charge in [0, 0.05) is 48.9 Å². The summed E-state index contributed by atoms with van der Waals surface area (Å²) in [5.74, 6) is 0. The van der Waals surface area contributed by atoms with Gasteiger partial charge in [0.05, 0.1) is 5.54 Å². The third kappa shape index (κ3) is 2.61. The summed E-state index contributed by atoms with van der Waals surface area (Å²) in [6.45, 7) is 10.6. The summed E-state index contributed by atoms with van der Waals surface area (Å²) in [6, 6.07) is 9.35. The zero-order chi connectivity index (χ0) is 14.2. The van der Waals surface area contributed by atoms with E-state index in [9.17, 15) is 0 Å². The number of piperazine rings is 1. The molecule has 2 aliphatic heterocycles. The first-order chi connectivity index (χ1) is 9.59. The average molecular weight is 338 g/mol. The van der Waals surface area contributed by atoms with Crippen molar-refractivity contribution >= 4 is 21.6 Å². The van der Waals surface area contributed by atoms with Crippen molar-refractivity contribution in [3.8, 4) is 0 Å². The van der Waals surface area contributed by atoms with E-state index in [-0.39, 0.29) is 5.54 Å². The van der Waals surface area contributed by atoms with E-state index < -0.39 is 0 Å². The molecule has 0 amide bonds. The van der Waals surface area contributed by atoms with Crippen LogP contribution in [-0.2, 0) is 0 Å². The summed E-state index contributed by atoms with van der Waals surface area (Å²) in [4.78, 5) is 5.25. The van der Waals surface area contributed by atoms with Crippen molar-refractivity contribution in [1.29, 1.82) is 0 Å². The highest BCUT2D eigenvalue weighted by molar-refractivity contribution is 9.10. The molecule has 1 aromatic rings. The molecule has 0 bridgehead atoms. The third-order valence-corrected chi connectivity index (χ3v) is 5.34. The molecule has 0 radical (unpaired) electrons. The highest BCUT2D eigenvalue weighted by Crippen LogP contribution is 2.37. The van der Waals surface area contributed by atoms with Crippen LogP contribution < -0.4 is 10.2 Å². The molecule has 3 nitrogen and oxygen atoms in total. The van der Waals surface area contributed by atoms with E-state index in [2.05, 4.69) is 69.2 Å². The molecule has 1 N–H and O–H groups in total. The van der Waals surface area contributed by atoms with E-state index in [1.807, 2.05) is 0 Å². The Morgan fingerprint density at radius 3 is 2.65 bits per heavy atom. The largest absolute Gasteiger partial charge is 0.365 e. The summed E-state index contributed by atoms with van der Waals surface area (Å²) in [6.07, 6.45) is 1.26. The summed E-state index contributed by atoms with van der Waals surface area (Å²) >= 11 is 3.59. The van der Waals surface area contributed by atoms with Crippen molar-refractivity contribution in [2.75, 3.05) is 37.6 Å². The fourth-order valence-corrected chi connectivity index (χ4v) is 4.19. The maximum absolute atomic E-state index is 3.59. The Bertz CT molecular complexity index is 469. The molecule has 0 saturated carbocycles. The standard InChI is InChI=1S/C16H24BrN3/c1-16(2)15(19-10-7-18-8-11-19)6-9-20(16)14-5-3-4-13(17)12-14/h3-5,12,15,18H,6-11H2,1-2H3. The van der Waals surface area contributed by atoms with Gasteiger partial charge in [-0.3, -0.25) is 4.90 Å². The van der Waals surface area contributed by atoms with E-state index in [1.54, 1.807) is 0 Å². The maximum Gasteiger partial charge on any atom is 0.0501 e. The fraction of sp³-hybridized carbons (Fsp3) is 0.625. The molecule has 2 aliphatic rings. The van der Waals surface area contributed by atoms with Crippen molar-refractivity contribution in [1.82, 2.24) is 10.2 Å². The number of hydrogen-bond acceptors (Lipinski definition) is 3. The zero-order valence-electron chi connectivity index (χ0n) is 12.4. The van der Waals surface area contributed by atoms with Crippen molar-refractivity contribution in [2.24, 2.45) is 0 Å². The Morgan fingerprint density at radius 1 is 1.20 bits per heavy atom. The Morgan fingerprint density at radius 2 is 1.95 bits per heavy atom. The summed E-state index contributed by atoms with van der Waals surface area (Å²) < 4.78 is 1.16. The van der Waals surface area contributed by atoms with E-state index in [0.29, 0.717) is 6.04 Å². The molecule has 110 valence electrons. The molecule has 3 rings (SSSR count). The first-order valence-corrected chi connectivity index (χ1v) is 8.36. The lowest BCUT2D eigenvalue weighted by Gasteiger charge is -2.43. The summed E-state index contributed by atoms with van der Waals surface area (Å²) in [5.41, 5.74) is 1.53. The Labute approximate surface area is 130 Å². The first kappa shape index (κ1) is 14.4. The lowest BCUT2D eigenvalue weighted by molar-refractivity contribution is 0.137. The zero-order valence-corrected chi connectivity index (χ0v) is 14.0. The molecular weight excluding hydrogens is 314 g/mol. The highest BCUT2D eigenvalue weighted by atomic mass is 79.9. The van der Waals surface area contributed by atoms with E-state index in [1.165, 1.54) is 25.2 Å². The Kier molecular flexibility index (Phi) is 4.07. The van der Waals surface area contributed by atoms with Crippen LogP contribution in [0.3, 0.4) is 0 Å². The van der Waals surface area contributed by atoms with E-state index >= 15 is 0 Å². The van der Waals surface area contributed by atoms with Gasteiger partial charge in [-0.2, -0.15) is 0 Å². The monoisotopic (exact) mass is 337 g/mol. The quantitative estimate of drug-likeness (QED) is 0.895. The number of nitrogens with one attached hydrogen (secondary N) is 1. The van der Waals surface area contributed by atoms with Crippen molar-refractivity contribution in [2.45, 2.75) is 31.8 Å². The molecule has 0 aliphatic carbocycles. The summed E-state index contributed by atoms with van der Waals surface area (Å²) in [5, 5.41) is 3.45. The van der Waals surface area contributed by atoms with Gasteiger partial charge in [-0.15, -0.1) is 0 Å². The number of nitrogens with zero attached hydrogens (tertiary/aromatic N) is 2. The second kappa shape index (κ2) is 5.66. The lowest BCUT2D eigenvalue weighted by atomic mass is 9.93. The SMILES string of the molecule is CC1(C)C(N2CCNCC2)CCN1c1cccc(Br)c1. The third-order valence-electron chi connectivity index (χ3n) is 4.85. The van der Waals surface area contributed by atoms with Crippen molar-refractivity contribution in [3.63, 3.8) is 0 Å². The number of hydrogen-bond donors (Lipinski definition) is 1. The van der Waals surface area contributed by atoms with Gasteiger partial charge in [-0.25, -0.2) is 0 Å². The van der Waals surface area contributed by atoms with Crippen LogP contribution in [0.15, 0.2) is 28.7 Å². The number of halogens is 1. The molecule has 1 unspecified atom stereocenters. The van der Waals surface area contributed by atoms with Crippen LogP contribution in [0.2, 0.25) is 0 Å². The number of benzene rings is 1. The minimum atomic E-state index is 0.193. The molecule has 1 atom stereocenters. The minimum Gasteiger partial charge on any atom is -0.365 e. The van der Waals surface area contributed by atoms with Gasteiger partial charge in [0.2, 0.25) is 0 Å². The molecule has 0 spiro atoms. The van der Waals surface area contributed by atoms with Crippen LogP contribution in [0, 0.1) is 0 Å². The fourth-order valence-electron chi connectivity index (χ4n) is 3.80. The highest BCUT2D eigenvalue weighted by Gasteiger charge is 2.44. The molecule has 1 aromatic carbocycles. The lowest BCUT2D eigenvalue weighted by Crippen LogP contribution is -2.57. The Balaban J connectivity index is 1.81. The smallest absolute Gasteiger partial charge is 0.0501 e. The molecule has 0 aromatic heterocycles. The van der Waals surface area contributed by atoms with Gasteiger partial charge < -0.3 is 10.2 Å². The molecule has 2 saturated heterocycles. The van der Waals surface area contributed by atoms with Crippen LogP contribution in [0.25, 0.3) is 0 Å². The van der Waals surface area contributed by atoms with Crippen molar-refractivity contribution < 1.29 is 0 Å². The second-order valence-corrected chi connectivity index (χ2v) is 7.29.